The van der Waals surface area contributed by atoms with Crippen molar-refractivity contribution in [1.82, 2.24) is 0 Å². The fraction of sp³-hybridized carbons (Fsp3) is 0.571. The molecule has 0 heterocycles. The molecule has 0 N–H and O–H groups in total. The molecule has 0 radical (unpaired) electrons. The third-order valence-electron chi connectivity index (χ3n) is 6.15. The summed E-state index contributed by atoms with van der Waals surface area (Å²) >= 11 is 0. The van der Waals surface area contributed by atoms with Gasteiger partial charge in [0.1, 0.15) is 23.3 Å². The van der Waals surface area contributed by atoms with Crippen molar-refractivity contribution < 1.29 is 8.78 Å². The summed E-state index contributed by atoms with van der Waals surface area (Å²) < 4.78 is 27.8. The molecule has 128 valence electrons. The maximum Gasteiger partial charge on any atom is 0.144 e. The van der Waals surface area contributed by atoms with E-state index in [4.69, 9.17) is 5.26 Å². The van der Waals surface area contributed by atoms with Crippen molar-refractivity contribution in [3.8, 4) is 6.07 Å². The Balaban J connectivity index is 1.66. The lowest BCUT2D eigenvalue weighted by molar-refractivity contribution is 0.115. The van der Waals surface area contributed by atoms with Crippen LogP contribution in [-0.2, 0) is 0 Å². The maximum absolute atomic E-state index is 13.9. The molecule has 0 amide bonds. The monoisotopic (exact) mass is 329 g/mol. The lowest BCUT2D eigenvalue weighted by Crippen LogP contribution is -2.30. The zero-order valence-electron chi connectivity index (χ0n) is 14.1. The first kappa shape index (κ1) is 17.1. The van der Waals surface area contributed by atoms with Crippen LogP contribution in [0.15, 0.2) is 24.8 Å². The van der Waals surface area contributed by atoms with Crippen LogP contribution in [0.1, 0.15) is 68.4 Å². The molecule has 0 saturated heterocycles. The van der Waals surface area contributed by atoms with Crippen molar-refractivity contribution in [2.75, 3.05) is 0 Å². The molecular weight excluding hydrogens is 304 g/mol. The predicted octanol–water partition coefficient (Wildman–Crippen LogP) is 6.10. The molecular formula is C21H25F2N. The molecule has 1 nitrogen and oxygen atoms in total. The van der Waals surface area contributed by atoms with Gasteiger partial charge in [0, 0.05) is 0 Å². The number of fused-ring (bicyclic) bond motifs is 1. The second-order valence-electron chi connectivity index (χ2n) is 7.55. The average molecular weight is 329 g/mol. The predicted molar refractivity (Wildman–Crippen MR) is 91.4 cm³/mol. The van der Waals surface area contributed by atoms with Crippen molar-refractivity contribution in [1.29, 1.82) is 5.26 Å². The van der Waals surface area contributed by atoms with Crippen molar-refractivity contribution in [3.63, 3.8) is 0 Å². The third-order valence-corrected chi connectivity index (χ3v) is 6.15. The number of hydrogen-bond donors (Lipinski definition) is 0. The Labute approximate surface area is 143 Å². The number of benzene rings is 1. The fourth-order valence-corrected chi connectivity index (χ4v) is 4.84. The molecule has 0 aromatic heterocycles. The van der Waals surface area contributed by atoms with E-state index in [1.165, 1.54) is 37.8 Å². The van der Waals surface area contributed by atoms with Crippen LogP contribution in [-0.4, -0.2) is 0 Å². The molecule has 3 rings (SSSR count). The number of rotatable bonds is 4. The number of allylic oxidation sites excluding steroid dienone is 1. The summed E-state index contributed by atoms with van der Waals surface area (Å²) in [6.07, 6.45) is 11.4. The highest BCUT2D eigenvalue weighted by atomic mass is 19.1. The first-order chi connectivity index (χ1) is 11.6. The van der Waals surface area contributed by atoms with Crippen molar-refractivity contribution in [2.24, 2.45) is 17.8 Å². The summed E-state index contributed by atoms with van der Waals surface area (Å²) in [5, 5.41) is 8.81. The van der Waals surface area contributed by atoms with Crippen LogP contribution in [0.5, 0.6) is 0 Å². The molecule has 0 bridgehead atoms. The molecule has 0 spiro atoms. The topological polar surface area (TPSA) is 23.8 Å². The van der Waals surface area contributed by atoms with E-state index in [1.807, 2.05) is 6.08 Å². The van der Waals surface area contributed by atoms with Gasteiger partial charge in [0.25, 0.3) is 0 Å². The molecule has 24 heavy (non-hydrogen) atoms. The first-order valence-electron chi connectivity index (χ1n) is 9.12. The highest BCUT2D eigenvalue weighted by Crippen LogP contribution is 2.48. The van der Waals surface area contributed by atoms with Gasteiger partial charge in [-0.3, -0.25) is 0 Å². The van der Waals surface area contributed by atoms with Crippen LogP contribution < -0.4 is 0 Å². The number of hydrogen-bond acceptors (Lipinski definition) is 1. The van der Waals surface area contributed by atoms with Gasteiger partial charge < -0.3 is 0 Å². The van der Waals surface area contributed by atoms with E-state index in [9.17, 15) is 8.78 Å². The van der Waals surface area contributed by atoms with Gasteiger partial charge in [0.15, 0.2) is 0 Å². The van der Waals surface area contributed by atoms with Crippen LogP contribution in [0.25, 0.3) is 0 Å². The molecule has 3 heteroatoms. The Kier molecular flexibility index (Phi) is 5.33. The maximum atomic E-state index is 13.9. The first-order valence-corrected chi connectivity index (χ1v) is 9.12. The van der Waals surface area contributed by atoms with Gasteiger partial charge in [-0.1, -0.05) is 12.5 Å². The molecule has 2 aliphatic carbocycles. The Hall–Kier alpha value is -1.69. The second kappa shape index (κ2) is 7.47. The number of halogens is 2. The summed E-state index contributed by atoms with van der Waals surface area (Å²) in [5.41, 5.74) is 0.270. The van der Waals surface area contributed by atoms with Crippen LogP contribution in [0.3, 0.4) is 0 Å². The van der Waals surface area contributed by atoms with Gasteiger partial charge in [-0.15, -0.1) is 6.58 Å². The Morgan fingerprint density at radius 3 is 2.42 bits per heavy atom. The van der Waals surface area contributed by atoms with E-state index in [0.717, 1.165) is 43.1 Å². The van der Waals surface area contributed by atoms with E-state index in [1.54, 1.807) is 6.07 Å². The summed E-state index contributed by atoms with van der Waals surface area (Å²) in [6, 6.07) is 4.36. The van der Waals surface area contributed by atoms with Gasteiger partial charge in [-0.2, -0.15) is 5.26 Å². The second-order valence-corrected chi connectivity index (χ2v) is 7.55. The van der Waals surface area contributed by atoms with Crippen LogP contribution in [0.4, 0.5) is 8.78 Å². The molecule has 2 saturated carbocycles. The van der Waals surface area contributed by atoms with E-state index >= 15 is 0 Å². The van der Waals surface area contributed by atoms with Crippen LogP contribution in [0, 0.1) is 40.7 Å². The van der Waals surface area contributed by atoms with E-state index in [2.05, 4.69) is 6.58 Å². The van der Waals surface area contributed by atoms with Gasteiger partial charge in [0.05, 0.1) is 0 Å². The van der Waals surface area contributed by atoms with E-state index in [0.29, 0.717) is 5.92 Å². The normalized spacial score (nSPS) is 29.5. The summed E-state index contributed by atoms with van der Waals surface area (Å²) in [6.45, 7) is 3.82. The number of nitriles is 1. The largest absolute Gasteiger partial charge is 0.205 e. The van der Waals surface area contributed by atoms with Crippen molar-refractivity contribution >= 4 is 0 Å². The van der Waals surface area contributed by atoms with Gasteiger partial charge in [-0.25, -0.2) is 8.78 Å². The minimum absolute atomic E-state index is 0.229. The van der Waals surface area contributed by atoms with E-state index in [-0.39, 0.29) is 5.92 Å². The van der Waals surface area contributed by atoms with Gasteiger partial charge in [-0.05, 0) is 86.3 Å². The Morgan fingerprint density at radius 1 is 1.08 bits per heavy atom. The Bertz CT molecular complexity index is 623. The van der Waals surface area contributed by atoms with Crippen molar-refractivity contribution in [3.05, 3.63) is 47.5 Å². The molecule has 4 atom stereocenters. The van der Waals surface area contributed by atoms with Gasteiger partial charge in [0.2, 0.25) is 0 Å². The minimum Gasteiger partial charge on any atom is -0.205 e. The SMILES string of the molecule is C=CCC[C@@H]1CC[C@@H]2C[C@H](c3cc(F)c(C#N)c(F)c3)CC[C@@H]2C1. The standard InChI is InChI=1S/C21H25F2N/c1-2-3-4-14-5-6-16-10-17(8-7-15(16)9-14)18-11-20(22)19(13-24)21(23)12-18/h2,11-12,14-17H,1,3-10H2/t14-,15-,16-,17-/m1/s1. The molecule has 2 fully saturated rings. The zero-order chi connectivity index (χ0) is 17.1. The van der Waals surface area contributed by atoms with Crippen LogP contribution in [0.2, 0.25) is 0 Å². The summed E-state index contributed by atoms with van der Waals surface area (Å²) in [5.74, 6) is 1.08. The minimum atomic E-state index is -0.720. The lowest BCUT2D eigenvalue weighted by atomic mass is 9.63. The van der Waals surface area contributed by atoms with Crippen molar-refractivity contribution in [2.45, 2.75) is 57.3 Å². The molecule has 1 aromatic carbocycles. The summed E-state index contributed by atoms with van der Waals surface area (Å²) in [4.78, 5) is 0. The molecule has 0 aliphatic heterocycles. The van der Waals surface area contributed by atoms with E-state index < -0.39 is 17.2 Å². The highest BCUT2D eigenvalue weighted by molar-refractivity contribution is 5.36. The summed E-state index contributed by atoms with van der Waals surface area (Å²) in [7, 11) is 0. The lowest BCUT2D eigenvalue weighted by Gasteiger charge is -2.42. The molecule has 1 aromatic rings. The average Bonchev–Trinajstić information content (AvgIpc) is 2.59. The third kappa shape index (κ3) is 3.53. The quantitative estimate of drug-likeness (QED) is 0.612. The zero-order valence-corrected chi connectivity index (χ0v) is 14.1. The molecule has 0 unspecified atom stereocenters. The Morgan fingerprint density at radius 2 is 1.75 bits per heavy atom. The smallest absolute Gasteiger partial charge is 0.144 e. The van der Waals surface area contributed by atoms with Crippen LogP contribution >= 0.6 is 0 Å². The fourth-order valence-electron chi connectivity index (χ4n) is 4.84. The number of nitrogens with zero attached hydrogens (tertiary/aromatic N) is 1. The molecule has 2 aliphatic rings. The van der Waals surface area contributed by atoms with Gasteiger partial charge >= 0.3 is 0 Å². The highest BCUT2D eigenvalue weighted by Gasteiger charge is 2.36.